The molecular weight excluding hydrogens is 217 g/mol. The van der Waals surface area contributed by atoms with Crippen molar-refractivity contribution in [1.82, 2.24) is 0 Å². The Hall–Kier alpha value is 0.543. The van der Waals surface area contributed by atoms with Crippen LogP contribution in [0.5, 0.6) is 0 Å². The van der Waals surface area contributed by atoms with Gasteiger partial charge in [0.05, 0.1) is 0 Å². The Morgan fingerprint density at radius 3 is 1.15 bits per heavy atom. The fraction of sp³-hybridized carbons (Fsp3) is 1.00. The number of hydrogen-bond donors (Lipinski definition) is 0. The van der Waals surface area contributed by atoms with Crippen LogP contribution in [0.25, 0.3) is 0 Å². The van der Waals surface area contributed by atoms with E-state index in [1.54, 1.807) is 15.8 Å². The molecule has 0 aliphatic heterocycles. The molecule has 0 saturated carbocycles. The predicted octanol–water partition coefficient (Wildman–Crippen LogP) is 4.61. The molecule has 0 saturated heterocycles. The average Bonchev–Trinajstić information content (AvgIpc) is 2.17. The van der Waals surface area contributed by atoms with Crippen LogP contribution >= 0.6 is 0 Å². The third-order valence-corrected chi connectivity index (χ3v) is 10.6. The van der Waals surface area contributed by atoms with Crippen LogP contribution in [0.3, 0.4) is 0 Å². The maximum atomic E-state index is 2.33. The van der Waals surface area contributed by atoms with Crippen LogP contribution in [0.4, 0.5) is 0 Å². The molecule has 0 aromatic rings. The first-order valence-electron chi connectivity index (χ1n) is 6.35. The van der Waals surface area contributed by atoms with E-state index in [2.05, 4.69) is 20.8 Å². The van der Waals surface area contributed by atoms with Crippen molar-refractivity contribution in [3.05, 3.63) is 0 Å². The normalized spacial score (nSPS) is 11.1. The van der Waals surface area contributed by atoms with Gasteiger partial charge in [-0.05, 0) is 0 Å². The fourth-order valence-corrected chi connectivity index (χ4v) is 9.93. The molecule has 0 spiro atoms. The Balaban J connectivity index is 3.47. The van der Waals surface area contributed by atoms with Gasteiger partial charge < -0.3 is 0 Å². The van der Waals surface area contributed by atoms with E-state index in [1.165, 1.54) is 38.5 Å². The maximum absolute atomic E-state index is 2.33. The molecule has 0 heterocycles. The molecule has 0 bridgehead atoms. The van der Waals surface area contributed by atoms with Gasteiger partial charge in [0.15, 0.2) is 0 Å². The molecule has 13 heavy (non-hydrogen) atoms. The van der Waals surface area contributed by atoms with Crippen LogP contribution in [0, 0.1) is 0 Å². The zero-order valence-corrected chi connectivity index (χ0v) is 12.4. The van der Waals surface area contributed by atoms with Gasteiger partial charge in [0.1, 0.15) is 0 Å². The molecule has 0 unspecified atom stereocenters. The van der Waals surface area contributed by atoms with E-state index < -0.39 is 14.3 Å². The molecule has 0 rings (SSSR count). The van der Waals surface area contributed by atoms with Gasteiger partial charge in [-0.15, -0.1) is 0 Å². The molecule has 0 fully saturated rings. The van der Waals surface area contributed by atoms with Crippen molar-refractivity contribution < 1.29 is 0 Å². The van der Waals surface area contributed by atoms with Crippen molar-refractivity contribution in [2.75, 3.05) is 0 Å². The van der Waals surface area contributed by atoms with Crippen molar-refractivity contribution in [3.63, 3.8) is 0 Å². The third kappa shape index (κ3) is 8.86. The monoisotopic (exact) mass is 246 g/mol. The second kappa shape index (κ2) is 10.6. The number of unbranched alkanes of at least 4 members (excludes halogenated alkanes) is 3. The Labute approximate surface area is 89.6 Å². The first kappa shape index (κ1) is 13.5. The quantitative estimate of drug-likeness (QED) is 0.520. The molecule has 1 heteroatoms. The molecule has 0 aromatic heterocycles. The van der Waals surface area contributed by atoms with Gasteiger partial charge in [-0.2, -0.15) is 0 Å². The molecule has 0 aliphatic rings. The first-order chi connectivity index (χ1) is 6.35. The minimum absolute atomic E-state index is 0.752. The van der Waals surface area contributed by atoms with E-state index in [0.717, 1.165) is 0 Å². The van der Waals surface area contributed by atoms with E-state index in [1.807, 2.05) is 0 Å². The summed E-state index contributed by atoms with van der Waals surface area (Å²) in [6.07, 6.45) is 8.83. The van der Waals surface area contributed by atoms with Crippen molar-refractivity contribution in [2.24, 2.45) is 0 Å². The van der Waals surface area contributed by atoms with Gasteiger partial charge in [0.25, 0.3) is 0 Å². The molecule has 0 radical (unpaired) electrons. The van der Waals surface area contributed by atoms with Gasteiger partial charge in [-0.3, -0.25) is 0 Å². The Bertz CT molecular complexity index is 72.1. The van der Waals surface area contributed by atoms with Crippen LogP contribution in [0.15, 0.2) is 0 Å². The average molecular weight is 245 g/mol. The summed E-state index contributed by atoms with van der Waals surface area (Å²) in [4.78, 5) is 0. The molecule has 80 valence electrons. The molecule has 0 atom stereocenters. The Morgan fingerprint density at radius 2 is 0.923 bits per heavy atom. The van der Waals surface area contributed by atoms with Crippen LogP contribution in [0.2, 0.25) is 15.8 Å². The zero-order valence-electron chi connectivity index (χ0n) is 9.94. The van der Waals surface area contributed by atoms with Crippen molar-refractivity contribution >= 4 is 14.3 Å². The fourth-order valence-electron chi connectivity index (χ4n) is 1.91. The van der Waals surface area contributed by atoms with Crippen LogP contribution in [-0.2, 0) is 0 Å². The predicted molar refractivity (Wildman–Crippen MR) is 66.3 cm³/mol. The molecule has 0 aromatic carbocycles. The molecule has 0 N–H and O–H groups in total. The van der Waals surface area contributed by atoms with Crippen molar-refractivity contribution in [1.29, 1.82) is 0 Å². The second-order valence-corrected chi connectivity index (χ2v) is 11.6. The van der Waals surface area contributed by atoms with Gasteiger partial charge in [-0.25, -0.2) is 0 Å². The first-order valence-corrected chi connectivity index (χ1v) is 11.5. The number of rotatable bonds is 9. The second-order valence-electron chi connectivity index (χ2n) is 4.29. The summed E-state index contributed by atoms with van der Waals surface area (Å²) in [7, 11) is 0. The van der Waals surface area contributed by atoms with Crippen molar-refractivity contribution in [3.8, 4) is 0 Å². The Morgan fingerprint density at radius 1 is 0.615 bits per heavy atom. The summed E-state index contributed by atoms with van der Waals surface area (Å²) in [6.45, 7) is 7.00. The molecule has 0 nitrogen and oxygen atoms in total. The van der Waals surface area contributed by atoms with E-state index in [9.17, 15) is 0 Å². The van der Waals surface area contributed by atoms with Gasteiger partial charge in [0.2, 0.25) is 0 Å². The summed E-state index contributed by atoms with van der Waals surface area (Å²) < 4.78 is 0. The summed E-state index contributed by atoms with van der Waals surface area (Å²) in [5, 5.41) is 5.01. The van der Waals surface area contributed by atoms with Crippen molar-refractivity contribution in [2.45, 2.75) is 75.1 Å². The van der Waals surface area contributed by atoms with Gasteiger partial charge >= 0.3 is 89.4 Å². The summed E-state index contributed by atoms with van der Waals surface area (Å²) in [6, 6.07) is 0. The van der Waals surface area contributed by atoms with Gasteiger partial charge in [-0.1, -0.05) is 0 Å². The SMILES string of the molecule is CCC[CH2][GeH]([CH2]CCC)[CH2]CCC. The van der Waals surface area contributed by atoms with E-state index in [0.29, 0.717) is 0 Å². The van der Waals surface area contributed by atoms with Crippen LogP contribution in [0.1, 0.15) is 59.3 Å². The Kier molecular flexibility index (Phi) is 11.1. The standard InChI is InChI=1S/C12H28Ge/c1-4-7-10-13(11-8-5-2)12-9-6-3/h13H,4-12H2,1-3H3. The molecule has 0 amide bonds. The summed E-state index contributed by atoms with van der Waals surface area (Å²) in [5.74, 6) is 0. The summed E-state index contributed by atoms with van der Waals surface area (Å²) in [5.41, 5.74) is 0. The summed E-state index contributed by atoms with van der Waals surface area (Å²) >= 11 is -0.752. The number of hydrogen-bond acceptors (Lipinski definition) is 0. The third-order valence-electron chi connectivity index (χ3n) is 2.90. The van der Waals surface area contributed by atoms with E-state index in [4.69, 9.17) is 0 Å². The van der Waals surface area contributed by atoms with E-state index in [-0.39, 0.29) is 0 Å². The zero-order chi connectivity index (χ0) is 9.94. The van der Waals surface area contributed by atoms with E-state index >= 15 is 0 Å². The minimum atomic E-state index is -0.752. The molecule has 0 aliphatic carbocycles. The van der Waals surface area contributed by atoms with Crippen LogP contribution in [-0.4, -0.2) is 14.3 Å². The van der Waals surface area contributed by atoms with Crippen LogP contribution < -0.4 is 0 Å². The molecular formula is C12H28Ge. The topological polar surface area (TPSA) is 0 Å². The van der Waals surface area contributed by atoms with Gasteiger partial charge in [0, 0.05) is 0 Å².